The van der Waals surface area contributed by atoms with Gasteiger partial charge in [-0.3, -0.25) is 14.5 Å². The molecule has 164 valence electrons. The average molecular weight is 489 g/mol. The SMILES string of the molecule is Cc1c(Cl)cccc1-n1c(C)cc(/C=C2\SC(=O)N(Cc3ccc(F)cc3Cl)C2=O)c1C. The molecule has 4 nitrogen and oxygen atoms in total. The standard InChI is InChI=1S/C24H19Cl2FN2O2S/c1-13-9-17(15(3)29(13)21-6-4-5-19(25)14(21)2)10-22-23(30)28(24(31)32-22)12-16-7-8-18(27)11-20(16)26/h4-11H,12H2,1-3H3/b22-10-. The van der Waals surface area contributed by atoms with E-state index in [0.717, 1.165) is 44.9 Å². The van der Waals surface area contributed by atoms with Gasteiger partial charge in [-0.05, 0) is 85.6 Å². The van der Waals surface area contributed by atoms with Crippen molar-refractivity contribution in [2.24, 2.45) is 0 Å². The van der Waals surface area contributed by atoms with Crippen molar-refractivity contribution in [3.63, 3.8) is 0 Å². The topological polar surface area (TPSA) is 42.3 Å². The van der Waals surface area contributed by atoms with Crippen molar-refractivity contribution in [2.45, 2.75) is 27.3 Å². The van der Waals surface area contributed by atoms with Crippen LogP contribution in [0.25, 0.3) is 11.8 Å². The number of halogens is 3. The molecule has 8 heteroatoms. The first kappa shape index (κ1) is 22.6. The number of amides is 2. The van der Waals surface area contributed by atoms with Crippen LogP contribution in [-0.2, 0) is 11.3 Å². The van der Waals surface area contributed by atoms with Gasteiger partial charge in [-0.1, -0.05) is 35.3 Å². The number of nitrogens with zero attached hydrogens (tertiary/aromatic N) is 2. The molecular weight excluding hydrogens is 470 g/mol. The maximum absolute atomic E-state index is 13.3. The van der Waals surface area contributed by atoms with E-state index in [1.54, 1.807) is 6.08 Å². The van der Waals surface area contributed by atoms with Crippen molar-refractivity contribution in [1.82, 2.24) is 9.47 Å². The Bertz CT molecular complexity index is 1300. The van der Waals surface area contributed by atoms with E-state index in [9.17, 15) is 14.0 Å². The van der Waals surface area contributed by atoms with Crippen LogP contribution in [0.4, 0.5) is 9.18 Å². The summed E-state index contributed by atoms with van der Waals surface area (Å²) in [5, 5.41) is 0.465. The lowest BCUT2D eigenvalue weighted by atomic mass is 10.2. The summed E-state index contributed by atoms with van der Waals surface area (Å²) in [4.78, 5) is 26.9. The van der Waals surface area contributed by atoms with Crippen LogP contribution in [0.1, 0.15) is 28.1 Å². The molecule has 32 heavy (non-hydrogen) atoms. The number of thioether (sulfide) groups is 1. The van der Waals surface area contributed by atoms with Gasteiger partial charge in [0.25, 0.3) is 11.1 Å². The van der Waals surface area contributed by atoms with E-state index >= 15 is 0 Å². The van der Waals surface area contributed by atoms with Crippen molar-refractivity contribution in [2.75, 3.05) is 0 Å². The zero-order valence-electron chi connectivity index (χ0n) is 17.6. The lowest BCUT2D eigenvalue weighted by Gasteiger charge is -2.14. The first-order valence-electron chi connectivity index (χ1n) is 9.81. The van der Waals surface area contributed by atoms with Crippen LogP contribution in [0, 0.1) is 26.6 Å². The van der Waals surface area contributed by atoms with Crippen molar-refractivity contribution in [1.29, 1.82) is 0 Å². The third-order valence-electron chi connectivity index (χ3n) is 5.45. The van der Waals surface area contributed by atoms with Crippen molar-refractivity contribution < 1.29 is 14.0 Å². The first-order valence-corrected chi connectivity index (χ1v) is 11.4. The van der Waals surface area contributed by atoms with Crippen LogP contribution < -0.4 is 0 Å². The van der Waals surface area contributed by atoms with Crippen molar-refractivity contribution in [3.8, 4) is 5.69 Å². The summed E-state index contributed by atoms with van der Waals surface area (Å²) in [6.07, 6.45) is 1.73. The van der Waals surface area contributed by atoms with E-state index < -0.39 is 11.7 Å². The van der Waals surface area contributed by atoms with Gasteiger partial charge in [-0.15, -0.1) is 0 Å². The molecule has 0 unspecified atom stereocenters. The second-order valence-electron chi connectivity index (χ2n) is 7.55. The van der Waals surface area contributed by atoms with E-state index in [1.807, 2.05) is 45.0 Å². The first-order chi connectivity index (χ1) is 15.2. The number of hydrogen-bond acceptors (Lipinski definition) is 3. The number of benzene rings is 2. The van der Waals surface area contributed by atoms with Crippen LogP contribution in [0.15, 0.2) is 47.4 Å². The van der Waals surface area contributed by atoms with Gasteiger partial charge < -0.3 is 4.57 Å². The van der Waals surface area contributed by atoms with Gasteiger partial charge in [-0.25, -0.2) is 4.39 Å². The summed E-state index contributed by atoms with van der Waals surface area (Å²) in [5.41, 5.74) is 5.18. The van der Waals surface area contributed by atoms with Gasteiger partial charge in [-0.2, -0.15) is 0 Å². The maximum Gasteiger partial charge on any atom is 0.293 e. The van der Waals surface area contributed by atoms with Crippen LogP contribution >= 0.6 is 35.0 Å². The molecule has 0 saturated carbocycles. The number of aromatic nitrogens is 1. The Kier molecular flexibility index (Phi) is 6.21. The fourth-order valence-corrected chi connectivity index (χ4v) is 4.97. The number of carbonyl (C=O) groups excluding carboxylic acids is 2. The Morgan fingerprint density at radius 1 is 1.03 bits per heavy atom. The Morgan fingerprint density at radius 3 is 2.50 bits per heavy atom. The van der Waals surface area contributed by atoms with Crippen LogP contribution in [0.3, 0.4) is 0 Å². The molecule has 2 amide bonds. The smallest absolute Gasteiger partial charge is 0.293 e. The minimum Gasteiger partial charge on any atom is -0.318 e. The number of aryl methyl sites for hydroxylation is 1. The molecule has 0 bridgehead atoms. The molecule has 0 spiro atoms. The Labute approximate surface area is 199 Å². The summed E-state index contributed by atoms with van der Waals surface area (Å²) in [7, 11) is 0. The van der Waals surface area contributed by atoms with E-state index in [-0.39, 0.29) is 16.8 Å². The molecule has 4 rings (SSSR count). The van der Waals surface area contributed by atoms with Gasteiger partial charge >= 0.3 is 0 Å². The highest BCUT2D eigenvalue weighted by molar-refractivity contribution is 8.18. The molecule has 1 aliphatic rings. The zero-order chi connectivity index (χ0) is 23.2. The van der Waals surface area contributed by atoms with E-state index in [2.05, 4.69) is 4.57 Å². The summed E-state index contributed by atoms with van der Waals surface area (Å²) in [5.74, 6) is -0.873. The third kappa shape index (κ3) is 4.10. The number of hydrogen-bond donors (Lipinski definition) is 0. The molecule has 0 aliphatic carbocycles. The Balaban J connectivity index is 1.66. The van der Waals surface area contributed by atoms with Gasteiger partial charge in [0, 0.05) is 27.1 Å². The van der Waals surface area contributed by atoms with Gasteiger partial charge in [0.15, 0.2) is 0 Å². The van der Waals surface area contributed by atoms with E-state index in [4.69, 9.17) is 23.2 Å². The molecule has 2 aromatic carbocycles. The lowest BCUT2D eigenvalue weighted by Crippen LogP contribution is -2.27. The number of imide groups is 1. The molecule has 1 aliphatic heterocycles. The van der Waals surface area contributed by atoms with Crippen LogP contribution in [0.2, 0.25) is 10.0 Å². The highest BCUT2D eigenvalue weighted by Gasteiger charge is 2.35. The Morgan fingerprint density at radius 2 is 1.78 bits per heavy atom. The molecular formula is C24H19Cl2FN2O2S. The molecule has 0 radical (unpaired) electrons. The second-order valence-corrected chi connectivity index (χ2v) is 9.36. The third-order valence-corrected chi connectivity index (χ3v) is 7.12. The predicted molar refractivity (Wildman–Crippen MR) is 128 cm³/mol. The van der Waals surface area contributed by atoms with Gasteiger partial charge in [0.2, 0.25) is 0 Å². The quantitative estimate of drug-likeness (QED) is 0.368. The molecule has 3 aromatic rings. The number of rotatable bonds is 4. The fraction of sp³-hybridized carbons (Fsp3) is 0.167. The predicted octanol–water partition coefficient (Wildman–Crippen LogP) is 7.08. The second kappa shape index (κ2) is 8.77. The van der Waals surface area contributed by atoms with Crippen LogP contribution in [0.5, 0.6) is 0 Å². The Hall–Kier alpha value is -2.54. The molecule has 2 heterocycles. The number of carbonyl (C=O) groups is 2. The summed E-state index contributed by atoms with van der Waals surface area (Å²) < 4.78 is 15.4. The minimum absolute atomic E-state index is 0.0121. The van der Waals surface area contributed by atoms with Gasteiger partial charge in [0.1, 0.15) is 5.82 Å². The van der Waals surface area contributed by atoms with Crippen LogP contribution in [-0.4, -0.2) is 20.6 Å². The molecule has 0 atom stereocenters. The van der Waals surface area contributed by atoms with E-state index in [0.29, 0.717) is 15.5 Å². The minimum atomic E-state index is -0.474. The largest absolute Gasteiger partial charge is 0.318 e. The normalized spacial score (nSPS) is 15.3. The fourth-order valence-electron chi connectivity index (χ4n) is 3.74. The molecule has 1 saturated heterocycles. The summed E-state index contributed by atoms with van der Waals surface area (Å²) in [6.45, 7) is 5.89. The van der Waals surface area contributed by atoms with Crippen molar-refractivity contribution >= 4 is 52.2 Å². The van der Waals surface area contributed by atoms with Gasteiger partial charge in [0.05, 0.1) is 11.4 Å². The highest BCUT2D eigenvalue weighted by Crippen LogP contribution is 2.36. The zero-order valence-corrected chi connectivity index (χ0v) is 19.9. The van der Waals surface area contributed by atoms with Crippen molar-refractivity contribution in [3.05, 3.63) is 91.3 Å². The molecule has 0 N–H and O–H groups in total. The molecule has 1 fully saturated rings. The summed E-state index contributed by atoms with van der Waals surface area (Å²) in [6, 6.07) is 11.6. The highest BCUT2D eigenvalue weighted by atomic mass is 35.5. The average Bonchev–Trinajstić information content (AvgIpc) is 3.15. The summed E-state index contributed by atoms with van der Waals surface area (Å²) >= 11 is 13.3. The van der Waals surface area contributed by atoms with E-state index in [1.165, 1.54) is 18.2 Å². The monoisotopic (exact) mass is 488 g/mol. The lowest BCUT2D eigenvalue weighted by molar-refractivity contribution is -0.123. The molecule has 1 aromatic heterocycles. The maximum atomic E-state index is 13.3.